The van der Waals surface area contributed by atoms with Gasteiger partial charge in [-0.3, -0.25) is 9.59 Å². The van der Waals surface area contributed by atoms with Crippen molar-refractivity contribution in [3.63, 3.8) is 0 Å². The molecule has 108 valence electrons. The zero-order chi connectivity index (χ0) is 14.9. The molecule has 1 aromatic heterocycles. The lowest BCUT2D eigenvalue weighted by Gasteiger charge is -2.32. The lowest BCUT2D eigenvalue weighted by molar-refractivity contribution is -0.127. The summed E-state index contributed by atoms with van der Waals surface area (Å²) in [6.07, 6.45) is 1.59. The van der Waals surface area contributed by atoms with Crippen LogP contribution >= 0.6 is 15.9 Å². The van der Waals surface area contributed by atoms with Crippen molar-refractivity contribution in [2.45, 2.75) is 32.7 Å². The van der Waals surface area contributed by atoms with Crippen LogP contribution in [-0.4, -0.2) is 45.8 Å². The van der Waals surface area contributed by atoms with Crippen LogP contribution in [0.1, 0.15) is 43.0 Å². The number of carbonyl (C=O) groups excluding carboxylic acids is 2. The molecule has 0 bridgehead atoms. The molecule has 0 saturated carbocycles. The van der Waals surface area contributed by atoms with Crippen molar-refractivity contribution in [2.24, 2.45) is 0 Å². The first kappa shape index (κ1) is 14.9. The largest absolute Gasteiger partial charge is 0.353 e. The van der Waals surface area contributed by atoms with Crippen molar-refractivity contribution in [1.29, 1.82) is 0 Å². The zero-order valence-corrected chi connectivity index (χ0v) is 13.3. The number of piperazine rings is 1. The molecule has 20 heavy (non-hydrogen) atoms. The molecule has 1 unspecified atom stereocenters. The average Bonchev–Trinajstić information content (AvgIpc) is 2.41. The molecule has 2 rings (SSSR count). The zero-order valence-electron chi connectivity index (χ0n) is 11.7. The van der Waals surface area contributed by atoms with Crippen LogP contribution in [0.15, 0.2) is 10.7 Å². The first-order valence-corrected chi connectivity index (χ1v) is 7.32. The predicted molar refractivity (Wildman–Crippen MR) is 77.3 cm³/mol. The third-order valence-electron chi connectivity index (χ3n) is 3.24. The van der Waals surface area contributed by atoms with Gasteiger partial charge in [-0.1, -0.05) is 13.8 Å². The van der Waals surface area contributed by atoms with Crippen molar-refractivity contribution in [2.75, 3.05) is 13.1 Å². The van der Waals surface area contributed by atoms with Gasteiger partial charge in [0.05, 0.1) is 4.47 Å². The molecule has 0 radical (unpaired) electrons. The van der Waals surface area contributed by atoms with Crippen molar-refractivity contribution in [3.8, 4) is 0 Å². The van der Waals surface area contributed by atoms with Crippen LogP contribution in [-0.2, 0) is 4.79 Å². The highest BCUT2D eigenvalue weighted by Crippen LogP contribution is 2.20. The number of rotatable bonds is 2. The molecule has 1 atom stereocenters. The van der Waals surface area contributed by atoms with Crippen molar-refractivity contribution >= 4 is 27.7 Å². The van der Waals surface area contributed by atoms with Gasteiger partial charge in [0.2, 0.25) is 5.91 Å². The van der Waals surface area contributed by atoms with Crippen LogP contribution < -0.4 is 5.32 Å². The Morgan fingerprint density at radius 1 is 1.55 bits per heavy atom. The Morgan fingerprint density at radius 3 is 2.90 bits per heavy atom. The Bertz CT molecular complexity index is 547. The van der Waals surface area contributed by atoms with Gasteiger partial charge in [0.1, 0.15) is 17.6 Å². The van der Waals surface area contributed by atoms with E-state index in [1.165, 1.54) is 4.90 Å². The Hall–Kier alpha value is -1.50. The number of hydrogen-bond acceptors (Lipinski definition) is 4. The first-order chi connectivity index (χ1) is 9.41. The van der Waals surface area contributed by atoms with E-state index in [0.29, 0.717) is 29.1 Å². The van der Waals surface area contributed by atoms with E-state index in [1.54, 1.807) is 13.1 Å². The van der Waals surface area contributed by atoms with Crippen LogP contribution in [0.4, 0.5) is 0 Å². The van der Waals surface area contributed by atoms with Gasteiger partial charge in [-0.05, 0) is 22.9 Å². The van der Waals surface area contributed by atoms with E-state index in [0.717, 1.165) is 0 Å². The van der Waals surface area contributed by atoms with Crippen LogP contribution in [0.5, 0.6) is 0 Å². The van der Waals surface area contributed by atoms with E-state index in [2.05, 4.69) is 31.2 Å². The van der Waals surface area contributed by atoms with Gasteiger partial charge < -0.3 is 10.2 Å². The van der Waals surface area contributed by atoms with Gasteiger partial charge >= 0.3 is 0 Å². The molecule has 0 aromatic carbocycles. The van der Waals surface area contributed by atoms with Gasteiger partial charge in [-0.15, -0.1) is 0 Å². The third kappa shape index (κ3) is 2.82. The number of halogens is 1. The van der Waals surface area contributed by atoms with E-state index >= 15 is 0 Å². The third-order valence-corrected chi connectivity index (χ3v) is 3.82. The summed E-state index contributed by atoms with van der Waals surface area (Å²) in [7, 11) is 0. The fourth-order valence-electron chi connectivity index (χ4n) is 2.00. The summed E-state index contributed by atoms with van der Waals surface area (Å²) >= 11 is 3.31. The van der Waals surface area contributed by atoms with E-state index in [9.17, 15) is 9.59 Å². The minimum Gasteiger partial charge on any atom is -0.353 e. The van der Waals surface area contributed by atoms with Crippen LogP contribution in [0.25, 0.3) is 0 Å². The molecule has 1 aliphatic rings. The topological polar surface area (TPSA) is 75.2 Å². The standard InChI is InChI=1S/C13H17BrN4O2/c1-7(2)11-16-6-9(14)10(17-11)13(20)18-5-4-15-12(19)8(18)3/h6-8H,4-5H2,1-3H3,(H,15,19). The summed E-state index contributed by atoms with van der Waals surface area (Å²) in [5.41, 5.74) is 0.310. The van der Waals surface area contributed by atoms with Crippen LogP contribution in [0.2, 0.25) is 0 Å². The van der Waals surface area contributed by atoms with Gasteiger partial charge in [0, 0.05) is 25.2 Å². The normalized spacial score (nSPS) is 19.1. The molecule has 1 aliphatic heterocycles. The highest BCUT2D eigenvalue weighted by Gasteiger charge is 2.31. The van der Waals surface area contributed by atoms with E-state index < -0.39 is 6.04 Å². The Labute approximate surface area is 126 Å². The molecule has 0 spiro atoms. The molecule has 7 heteroatoms. The quantitative estimate of drug-likeness (QED) is 0.880. The lowest BCUT2D eigenvalue weighted by Crippen LogP contribution is -2.56. The summed E-state index contributed by atoms with van der Waals surface area (Å²) in [6, 6.07) is -0.486. The molecule has 1 fully saturated rings. The number of nitrogens with zero attached hydrogens (tertiary/aromatic N) is 3. The Morgan fingerprint density at radius 2 is 2.25 bits per heavy atom. The smallest absolute Gasteiger partial charge is 0.274 e. The molecule has 1 aromatic rings. The molecule has 1 saturated heterocycles. The fourth-order valence-corrected chi connectivity index (χ4v) is 2.37. The molecule has 2 amide bonds. The summed E-state index contributed by atoms with van der Waals surface area (Å²) in [5, 5.41) is 2.74. The molecular weight excluding hydrogens is 324 g/mol. The highest BCUT2D eigenvalue weighted by molar-refractivity contribution is 9.10. The minimum absolute atomic E-state index is 0.136. The van der Waals surface area contributed by atoms with Gasteiger partial charge in [0.15, 0.2) is 0 Å². The molecule has 2 heterocycles. The van der Waals surface area contributed by atoms with Crippen molar-refractivity contribution < 1.29 is 9.59 Å². The van der Waals surface area contributed by atoms with Crippen molar-refractivity contribution in [1.82, 2.24) is 20.2 Å². The predicted octanol–water partition coefficient (Wildman–Crippen LogP) is 1.32. The second kappa shape index (κ2) is 5.87. The molecule has 6 nitrogen and oxygen atoms in total. The van der Waals surface area contributed by atoms with E-state index in [1.807, 2.05) is 13.8 Å². The second-order valence-electron chi connectivity index (χ2n) is 5.04. The maximum atomic E-state index is 12.6. The summed E-state index contributed by atoms with van der Waals surface area (Å²) < 4.78 is 0.546. The average molecular weight is 341 g/mol. The first-order valence-electron chi connectivity index (χ1n) is 6.53. The number of hydrogen-bond donors (Lipinski definition) is 1. The van der Waals surface area contributed by atoms with Gasteiger partial charge in [-0.25, -0.2) is 9.97 Å². The van der Waals surface area contributed by atoms with Crippen LogP contribution in [0.3, 0.4) is 0 Å². The van der Waals surface area contributed by atoms with E-state index in [-0.39, 0.29) is 17.7 Å². The summed E-state index contributed by atoms with van der Waals surface area (Å²) in [5.74, 6) is 0.366. The summed E-state index contributed by atoms with van der Waals surface area (Å²) in [4.78, 5) is 34.3. The Balaban J connectivity index is 2.33. The monoisotopic (exact) mass is 340 g/mol. The van der Waals surface area contributed by atoms with Gasteiger partial charge in [0.25, 0.3) is 5.91 Å². The maximum Gasteiger partial charge on any atom is 0.274 e. The number of amides is 2. The van der Waals surface area contributed by atoms with Crippen molar-refractivity contribution in [3.05, 3.63) is 22.2 Å². The fraction of sp³-hybridized carbons (Fsp3) is 0.538. The summed E-state index contributed by atoms with van der Waals surface area (Å²) in [6.45, 7) is 6.60. The lowest BCUT2D eigenvalue weighted by atomic mass is 10.1. The second-order valence-corrected chi connectivity index (χ2v) is 5.90. The number of nitrogens with one attached hydrogen (secondary N) is 1. The Kier molecular flexibility index (Phi) is 4.37. The number of aromatic nitrogens is 2. The highest BCUT2D eigenvalue weighted by atomic mass is 79.9. The van der Waals surface area contributed by atoms with Gasteiger partial charge in [-0.2, -0.15) is 0 Å². The van der Waals surface area contributed by atoms with Crippen LogP contribution in [0, 0.1) is 0 Å². The molecule has 1 N–H and O–H groups in total. The molecular formula is C13H17BrN4O2. The maximum absolute atomic E-state index is 12.6. The molecule has 0 aliphatic carbocycles. The van der Waals surface area contributed by atoms with E-state index in [4.69, 9.17) is 0 Å². The SMILES string of the molecule is CC(C)c1ncc(Br)c(C(=O)N2CCNC(=O)C2C)n1. The minimum atomic E-state index is -0.486. The number of carbonyl (C=O) groups is 2.